The number of hydrogen-bond donors (Lipinski definition) is 2. The maximum absolute atomic E-state index is 6.00. The van der Waals surface area contributed by atoms with Gasteiger partial charge in [-0.05, 0) is 49.8 Å². The summed E-state index contributed by atoms with van der Waals surface area (Å²) in [7, 11) is 0. The Morgan fingerprint density at radius 2 is 2.17 bits per heavy atom. The SMILES string of the molecule is Cc1cc(CCN=C(N)Nc2cccc3c2CCCC3)on1.I. The molecule has 3 rings (SSSR count). The van der Waals surface area contributed by atoms with Gasteiger partial charge in [0.25, 0.3) is 0 Å². The molecule has 0 atom stereocenters. The molecular formula is C17H23IN4O. The lowest BCUT2D eigenvalue weighted by Crippen LogP contribution is -2.24. The number of halogens is 1. The smallest absolute Gasteiger partial charge is 0.193 e. The molecule has 0 bridgehead atoms. The highest BCUT2D eigenvalue weighted by molar-refractivity contribution is 14.0. The summed E-state index contributed by atoms with van der Waals surface area (Å²) >= 11 is 0. The first-order chi connectivity index (χ1) is 10.7. The molecule has 6 heteroatoms. The summed E-state index contributed by atoms with van der Waals surface area (Å²) in [6.07, 6.45) is 5.50. The molecule has 1 aromatic heterocycles. The van der Waals surface area contributed by atoms with Crippen LogP contribution in [0, 0.1) is 6.92 Å². The van der Waals surface area contributed by atoms with E-state index < -0.39 is 0 Å². The monoisotopic (exact) mass is 426 g/mol. The van der Waals surface area contributed by atoms with E-state index in [1.54, 1.807) is 0 Å². The largest absolute Gasteiger partial charge is 0.370 e. The summed E-state index contributed by atoms with van der Waals surface area (Å²) in [6, 6.07) is 8.29. The summed E-state index contributed by atoms with van der Waals surface area (Å²) in [5.74, 6) is 1.29. The van der Waals surface area contributed by atoms with Crippen molar-refractivity contribution in [2.75, 3.05) is 11.9 Å². The molecule has 1 aliphatic carbocycles. The van der Waals surface area contributed by atoms with Crippen molar-refractivity contribution in [2.24, 2.45) is 10.7 Å². The molecule has 0 saturated heterocycles. The Morgan fingerprint density at radius 1 is 1.35 bits per heavy atom. The van der Waals surface area contributed by atoms with Crippen LogP contribution in [0.25, 0.3) is 0 Å². The zero-order valence-electron chi connectivity index (χ0n) is 13.3. The van der Waals surface area contributed by atoms with Crippen LogP contribution >= 0.6 is 24.0 Å². The highest BCUT2D eigenvalue weighted by atomic mass is 127. The number of guanidine groups is 1. The van der Waals surface area contributed by atoms with Crippen LogP contribution in [0.3, 0.4) is 0 Å². The van der Waals surface area contributed by atoms with Crippen molar-refractivity contribution in [2.45, 2.75) is 39.0 Å². The summed E-state index contributed by atoms with van der Waals surface area (Å²) < 4.78 is 5.16. The summed E-state index contributed by atoms with van der Waals surface area (Å²) in [4.78, 5) is 4.37. The van der Waals surface area contributed by atoms with Crippen molar-refractivity contribution in [1.29, 1.82) is 0 Å². The molecule has 0 aliphatic heterocycles. The van der Waals surface area contributed by atoms with Crippen LogP contribution in [0.2, 0.25) is 0 Å². The number of nitrogens with zero attached hydrogens (tertiary/aromatic N) is 2. The van der Waals surface area contributed by atoms with Crippen molar-refractivity contribution in [3.63, 3.8) is 0 Å². The Kier molecular flexibility index (Phi) is 6.44. The lowest BCUT2D eigenvalue weighted by atomic mass is 9.90. The van der Waals surface area contributed by atoms with Crippen LogP contribution in [0.5, 0.6) is 0 Å². The van der Waals surface area contributed by atoms with Crippen LogP contribution in [-0.4, -0.2) is 17.7 Å². The molecule has 124 valence electrons. The van der Waals surface area contributed by atoms with E-state index in [0.717, 1.165) is 30.0 Å². The van der Waals surface area contributed by atoms with Gasteiger partial charge in [0.05, 0.1) is 5.69 Å². The van der Waals surface area contributed by atoms with E-state index in [1.165, 1.54) is 24.0 Å². The molecule has 0 spiro atoms. The fourth-order valence-corrected chi connectivity index (χ4v) is 2.90. The minimum Gasteiger partial charge on any atom is -0.370 e. The predicted molar refractivity (Wildman–Crippen MR) is 104 cm³/mol. The number of rotatable bonds is 4. The molecule has 0 unspecified atom stereocenters. The molecule has 0 fully saturated rings. The maximum Gasteiger partial charge on any atom is 0.193 e. The Morgan fingerprint density at radius 3 is 2.96 bits per heavy atom. The zero-order chi connectivity index (χ0) is 15.4. The maximum atomic E-state index is 6.00. The van der Waals surface area contributed by atoms with Crippen LogP contribution in [0.15, 0.2) is 33.8 Å². The van der Waals surface area contributed by atoms with Crippen molar-refractivity contribution in [1.82, 2.24) is 5.16 Å². The van der Waals surface area contributed by atoms with Gasteiger partial charge in [-0.25, -0.2) is 0 Å². The number of fused-ring (bicyclic) bond motifs is 1. The van der Waals surface area contributed by atoms with E-state index in [-0.39, 0.29) is 24.0 Å². The minimum absolute atomic E-state index is 0. The number of nitrogens with one attached hydrogen (secondary N) is 1. The van der Waals surface area contributed by atoms with Gasteiger partial charge in [0.15, 0.2) is 5.96 Å². The normalized spacial score (nSPS) is 14.0. The van der Waals surface area contributed by atoms with E-state index in [4.69, 9.17) is 10.3 Å². The summed E-state index contributed by atoms with van der Waals surface area (Å²) in [5, 5.41) is 7.10. The van der Waals surface area contributed by atoms with Crippen molar-refractivity contribution in [3.8, 4) is 0 Å². The van der Waals surface area contributed by atoms with Gasteiger partial charge >= 0.3 is 0 Å². The van der Waals surface area contributed by atoms with Crippen LogP contribution in [0.4, 0.5) is 5.69 Å². The zero-order valence-corrected chi connectivity index (χ0v) is 15.7. The second-order valence-electron chi connectivity index (χ2n) is 5.73. The second-order valence-corrected chi connectivity index (χ2v) is 5.73. The fraction of sp³-hybridized carbons (Fsp3) is 0.412. The first kappa shape index (κ1) is 17.8. The Bertz CT molecular complexity index is 681. The fourth-order valence-electron chi connectivity index (χ4n) is 2.90. The van der Waals surface area contributed by atoms with Crippen molar-refractivity contribution >= 4 is 35.6 Å². The molecule has 0 amide bonds. The molecule has 1 aromatic carbocycles. The first-order valence-electron chi connectivity index (χ1n) is 7.82. The Labute approximate surface area is 153 Å². The molecule has 3 N–H and O–H groups in total. The van der Waals surface area contributed by atoms with E-state index in [2.05, 4.69) is 33.7 Å². The highest BCUT2D eigenvalue weighted by Gasteiger charge is 2.13. The third kappa shape index (κ3) is 4.70. The Hall–Kier alpha value is -1.57. The number of nitrogens with two attached hydrogens (primary N) is 1. The number of hydrogen-bond acceptors (Lipinski definition) is 3. The molecule has 1 aliphatic rings. The molecule has 5 nitrogen and oxygen atoms in total. The van der Waals surface area contributed by atoms with Crippen LogP contribution < -0.4 is 11.1 Å². The average Bonchev–Trinajstić information content (AvgIpc) is 2.93. The average molecular weight is 426 g/mol. The topological polar surface area (TPSA) is 76.4 Å². The van der Waals surface area contributed by atoms with Gasteiger partial charge in [-0.1, -0.05) is 17.3 Å². The van der Waals surface area contributed by atoms with Gasteiger partial charge < -0.3 is 15.6 Å². The molecule has 2 aromatic rings. The second kappa shape index (κ2) is 8.33. The van der Waals surface area contributed by atoms with Gasteiger partial charge in [0.1, 0.15) is 5.76 Å². The first-order valence-corrected chi connectivity index (χ1v) is 7.82. The number of anilines is 1. The van der Waals surface area contributed by atoms with E-state index >= 15 is 0 Å². The van der Waals surface area contributed by atoms with E-state index in [0.29, 0.717) is 18.9 Å². The number of benzene rings is 1. The van der Waals surface area contributed by atoms with E-state index in [1.807, 2.05) is 13.0 Å². The summed E-state index contributed by atoms with van der Waals surface area (Å²) in [5.41, 5.74) is 10.8. The van der Waals surface area contributed by atoms with Crippen LogP contribution in [0.1, 0.15) is 35.4 Å². The number of aliphatic imine (C=N–C) groups is 1. The van der Waals surface area contributed by atoms with Gasteiger partial charge in [0.2, 0.25) is 0 Å². The van der Waals surface area contributed by atoms with Gasteiger partial charge in [-0.3, -0.25) is 4.99 Å². The highest BCUT2D eigenvalue weighted by Crippen LogP contribution is 2.27. The third-order valence-electron chi connectivity index (χ3n) is 3.98. The lowest BCUT2D eigenvalue weighted by Gasteiger charge is -2.19. The minimum atomic E-state index is 0. The molecule has 0 saturated carbocycles. The third-order valence-corrected chi connectivity index (χ3v) is 3.98. The standard InChI is InChI=1S/C17H22N4O.HI/c1-12-11-14(22-21-12)9-10-19-17(18)20-16-8-4-6-13-5-2-3-7-15(13)16;/h4,6,8,11H,2-3,5,7,9-10H2,1H3,(H3,18,19,20);1H. The number of aryl methyl sites for hydroxylation is 2. The van der Waals surface area contributed by atoms with Crippen molar-refractivity contribution in [3.05, 3.63) is 46.8 Å². The van der Waals surface area contributed by atoms with Crippen molar-refractivity contribution < 1.29 is 4.52 Å². The molecular weight excluding hydrogens is 403 g/mol. The predicted octanol–water partition coefficient (Wildman–Crippen LogP) is 3.45. The van der Waals surface area contributed by atoms with Gasteiger partial charge in [-0.2, -0.15) is 0 Å². The molecule has 0 radical (unpaired) electrons. The summed E-state index contributed by atoms with van der Waals surface area (Å²) in [6.45, 7) is 2.49. The van der Waals surface area contributed by atoms with Gasteiger partial charge in [0, 0.05) is 24.7 Å². The quantitative estimate of drug-likeness (QED) is 0.446. The van der Waals surface area contributed by atoms with Gasteiger partial charge in [-0.15, -0.1) is 24.0 Å². The van der Waals surface area contributed by atoms with E-state index in [9.17, 15) is 0 Å². The van der Waals surface area contributed by atoms with Crippen LogP contribution in [-0.2, 0) is 19.3 Å². The lowest BCUT2D eigenvalue weighted by molar-refractivity contribution is 0.381. The molecule has 1 heterocycles. The number of aromatic nitrogens is 1. The Balaban J connectivity index is 0.00000192. The molecule has 23 heavy (non-hydrogen) atoms.